The molecule has 0 N–H and O–H groups in total. The van der Waals surface area contributed by atoms with Gasteiger partial charge in [-0.2, -0.15) is 0 Å². The largest absolute Gasteiger partial charge is 0.497 e. The van der Waals surface area contributed by atoms with E-state index in [0.29, 0.717) is 5.56 Å². The van der Waals surface area contributed by atoms with Gasteiger partial charge in [0.15, 0.2) is 5.78 Å². The highest BCUT2D eigenvalue weighted by molar-refractivity contribution is 9.10. The van der Waals surface area contributed by atoms with Gasteiger partial charge in [0.25, 0.3) is 0 Å². The minimum absolute atomic E-state index is 0.00160. The second-order valence-electron chi connectivity index (χ2n) is 4.56. The van der Waals surface area contributed by atoms with Crippen LogP contribution in [0, 0.1) is 0 Å². The summed E-state index contributed by atoms with van der Waals surface area (Å²) in [5.74, 6) is 0.771. The Morgan fingerprint density at radius 1 is 1.00 bits per heavy atom. The SMILES string of the molecule is COc1ccc([C@H](OC)[C@@H](Br)C(=O)c2ccccc2)cc1. The van der Waals surface area contributed by atoms with Crippen molar-refractivity contribution in [2.24, 2.45) is 0 Å². The minimum Gasteiger partial charge on any atom is -0.497 e. The molecule has 2 atom stereocenters. The summed E-state index contributed by atoms with van der Waals surface area (Å²) in [7, 11) is 3.22. The average molecular weight is 349 g/mol. The predicted molar refractivity (Wildman–Crippen MR) is 86.2 cm³/mol. The van der Waals surface area contributed by atoms with Gasteiger partial charge >= 0.3 is 0 Å². The number of benzene rings is 2. The second kappa shape index (κ2) is 7.38. The molecule has 0 radical (unpaired) electrons. The lowest BCUT2D eigenvalue weighted by molar-refractivity contribution is 0.0770. The number of rotatable bonds is 6. The molecule has 0 aliphatic rings. The van der Waals surface area contributed by atoms with E-state index in [4.69, 9.17) is 9.47 Å². The van der Waals surface area contributed by atoms with Crippen molar-refractivity contribution in [3.05, 3.63) is 65.7 Å². The summed E-state index contributed by atoms with van der Waals surface area (Å²) < 4.78 is 10.6. The van der Waals surface area contributed by atoms with Gasteiger partial charge in [-0.3, -0.25) is 4.79 Å². The average Bonchev–Trinajstić information content (AvgIpc) is 2.56. The lowest BCUT2D eigenvalue weighted by Gasteiger charge is -2.21. The summed E-state index contributed by atoms with van der Waals surface area (Å²) >= 11 is 3.47. The number of Topliss-reactive ketones (excluding diaryl/α,β-unsaturated/α-hetero) is 1. The predicted octanol–water partition coefficient (Wildman–Crippen LogP) is 4.03. The van der Waals surface area contributed by atoms with Crippen LogP contribution in [-0.4, -0.2) is 24.8 Å². The van der Waals surface area contributed by atoms with Gasteiger partial charge in [0, 0.05) is 12.7 Å². The van der Waals surface area contributed by atoms with E-state index in [9.17, 15) is 4.79 Å². The highest BCUT2D eigenvalue weighted by atomic mass is 79.9. The fourth-order valence-corrected chi connectivity index (χ4v) is 2.90. The van der Waals surface area contributed by atoms with E-state index in [1.54, 1.807) is 26.4 Å². The maximum atomic E-state index is 12.5. The van der Waals surface area contributed by atoms with Crippen LogP contribution in [0.25, 0.3) is 0 Å². The number of hydrogen-bond donors (Lipinski definition) is 0. The normalized spacial score (nSPS) is 13.5. The number of ketones is 1. The number of alkyl halides is 1. The van der Waals surface area contributed by atoms with Crippen LogP contribution in [0.2, 0.25) is 0 Å². The van der Waals surface area contributed by atoms with Gasteiger partial charge in [-0.05, 0) is 17.7 Å². The van der Waals surface area contributed by atoms with E-state index in [2.05, 4.69) is 15.9 Å². The molecule has 0 amide bonds. The Hall–Kier alpha value is -1.65. The molecule has 2 aromatic carbocycles. The maximum absolute atomic E-state index is 12.5. The Bertz CT molecular complexity index is 581. The Kier molecular flexibility index (Phi) is 5.53. The molecule has 110 valence electrons. The lowest BCUT2D eigenvalue weighted by atomic mass is 10.00. The number of halogens is 1. The first kappa shape index (κ1) is 15.7. The molecule has 0 bridgehead atoms. The second-order valence-corrected chi connectivity index (χ2v) is 5.55. The van der Waals surface area contributed by atoms with Crippen molar-refractivity contribution in [3.8, 4) is 5.75 Å². The summed E-state index contributed by atoms with van der Waals surface area (Å²) in [5.41, 5.74) is 1.58. The van der Waals surface area contributed by atoms with Crippen LogP contribution >= 0.6 is 15.9 Å². The molecule has 2 rings (SSSR count). The fourth-order valence-electron chi connectivity index (χ4n) is 2.12. The number of ether oxygens (including phenoxy) is 2. The van der Waals surface area contributed by atoms with Crippen molar-refractivity contribution in [3.63, 3.8) is 0 Å². The molecule has 0 saturated carbocycles. The van der Waals surface area contributed by atoms with Crippen LogP contribution in [0.3, 0.4) is 0 Å². The van der Waals surface area contributed by atoms with Crippen molar-refractivity contribution in [1.82, 2.24) is 0 Å². The Morgan fingerprint density at radius 3 is 2.14 bits per heavy atom. The lowest BCUT2D eigenvalue weighted by Crippen LogP contribution is -2.24. The summed E-state index contributed by atoms with van der Waals surface area (Å²) in [4.78, 5) is 12.0. The monoisotopic (exact) mass is 348 g/mol. The highest BCUT2D eigenvalue weighted by Gasteiger charge is 2.28. The van der Waals surface area contributed by atoms with Crippen LogP contribution in [-0.2, 0) is 4.74 Å². The van der Waals surface area contributed by atoms with Crippen LogP contribution < -0.4 is 4.74 Å². The third-order valence-electron chi connectivity index (χ3n) is 3.27. The van der Waals surface area contributed by atoms with E-state index in [0.717, 1.165) is 11.3 Å². The molecule has 0 aliphatic carbocycles. The van der Waals surface area contributed by atoms with Crippen molar-refractivity contribution in [1.29, 1.82) is 0 Å². The van der Waals surface area contributed by atoms with Crippen molar-refractivity contribution >= 4 is 21.7 Å². The Labute approximate surface area is 133 Å². The van der Waals surface area contributed by atoms with Gasteiger partial charge in [-0.25, -0.2) is 0 Å². The minimum atomic E-state index is -0.446. The van der Waals surface area contributed by atoms with E-state index in [1.807, 2.05) is 42.5 Å². The molecule has 0 fully saturated rings. The van der Waals surface area contributed by atoms with Gasteiger partial charge in [0.1, 0.15) is 16.7 Å². The van der Waals surface area contributed by atoms with Crippen LogP contribution in [0.15, 0.2) is 54.6 Å². The van der Waals surface area contributed by atoms with E-state index in [1.165, 1.54) is 0 Å². The molecule has 0 spiro atoms. The Morgan fingerprint density at radius 2 is 1.62 bits per heavy atom. The molecular weight excluding hydrogens is 332 g/mol. The molecule has 0 heterocycles. The summed E-state index contributed by atoms with van der Waals surface area (Å²) in [6, 6.07) is 16.7. The van der Waals surface area contributed by atoms with Crippen LogP contribution in [0.5, 0.6) is 5.75 Å². The first-order valence-electron chi connectivity index (χ1n) is 6.57. The quantitative estimate of drug-likeness (QED) is 0.584. The van der Waals surface area contributed by atoms with Crippen LogP contribution in [0.4, 0.5) is 0 Å². The zero-order valence-electron chi connectivity index (χ0n) is 12.0. The molecule has 3 nitrogen and oxygen atoms in total. The number of carbonyl (C=O) groups excluding carboxylic acids is 1. The first-order valence-corrected chi connectivity index (χ1v) is 7.49. The molecule has 0 aliphatic heterocycles. The van der Waals surface area contributed by atoms with Crippen molar-refractivity contribution < 1.29 is 14.3 Å². The third kappa shape index (κ3) is 3.71. The zero-order chi connectivity index (χ0) is 15.2. The Balaban J connectivity index is 2.21. The number of methoxy groups -OCH3 is 2. The number of hydrogen-bond acceptors (Lipinski definition) is 3. The van der Waals surface area contributed by atoms with Gasteiger partial charge in [0.05, 0.1) is 7.11 Å². The first-order chi connectivity index (χ1) is 10.2. The standard InChI is InChI=1S/C17H17BrO3/c1-20-14-10-8-13(9-11-14)17(21-2)15(18)16(19)12-6-4-3-5-7-12/h3-11,15,17H,1-2H3/t15-,17-/m0/s1. The summed E-state index contributed by atoms with van der Waals surface area (Å²) in [5, 5.41) is 0. The van der Waals surface area contributed by atoms with E-state index in [-0.39, 0.29) is 11.9 Å². The molecule has 0 aromatic heterocycles. The molecule has 2 aromatic rings. The van der Waals surface area contributed by atoms with E-state index < -0.39 is 4.83 Å². The van der Waals surface area contributed by atoms with Gasteiger partial charge in [-0.15, -0.1) is 0 Å². The van der Waals surface area contributed by atoms with Gasteiger partial charge in [0.2, 0.25) is 0 Å². The highest BCUT2D eigenvalue weighted by Crippen LogP contribution is 2.29. The number of carbonyl (C=O) groups is 1. The maximum Gasteiger partial charge on any atom is 0.179 e. The molecule has 21 heavy (non-hydrogen) atoms. The van der Waals surface area contributed by atoms with Gasteiger partial charge in [-0.1, -0.05) is 58.4 Å². The third-order valence-corrected chi connectivity index (χ3v) is 4.17. The summed E-state index contributed by atoms with van der Waals surface area (Å²) in [6.45, 7) is 0. The van der Waals surface area contributed by atoms with Crippen molar-refractivity contribution in [2.45, 2.75) is 10.9 Å². The van der Waals surface area contributed by atoms with E-state index >= 15 is 0 Å². The summed E-state index contributed by atoms with van der Waals surface area (Å²) in [6.07, 6.45) is -0.358. The van der Waals surface area contributed by atoms with Crippen molar-refractivity contribution in [2.75, 3.05) is 14.2 Å². The molecule has 0 unspecified atom stereocenters. The topological polar surface area (TPSA) is 35.5 Å². The van der Waals surface area contributed by atoms with Crippen LogP contribution in [0.1, 0.15) is 22.0 Å². The molecule has 4 heteroatoms. The molecular formula is C17H17BrO3. The zero-order valence-corrected chi connectivity index (χ0v) is 13.5. The van der Waals surface area contributed by atoms with Gasteiger partial charge < -0.3 is 9.47 Å². The molecule has 0 saturated heterocycles. The smallest absolute Gasteiger partial charge is 0.179 e. The fraction of sp³-hybridized carbons (Fsp3) is 0.235.